The number of hydrogen-bond donors (Lipinski definition) is 2. The number of nitrogens with two attached hydrogens (primary N) is 1. The summed E-state index contributed by atoms with van der Waals surface area (Å²) in [5.74, 6) is 0. The summed E-state index contributed by atoms with van der Waals surface area (Å²) in [5, 5.41) is 15.5. The van der Waals surface area contributed by atoms with E-state index in [1.807, 2.05) is 0 Å². The molecule has 3 N–H and O–H groups in total. The van der Waals surface area contributed by atoms with Crippen LogP contribution in [0.5, 0.6) is 0 Å². The summed E-state index contributed by atoms with van der Waals surface area (Å²) < 4.78 is 24.4. The van der Waals surface area contributed by atoms with E-state index in [1.165, 1.54) is 35.2 Å². The average molecular weight is 470 g/mol. The van der Waals surface area contributed by atoms with Crippen molar-refractivity contribution >= 4 is 44.9 Å². The molecule has 0 saturated carbocycles. The number of nitrogens with zero attached hydrogens (tertiary/aromatic N) is 3. The Morgan fingerprint density at radius 2 is 1.77 bits per heavy atom. The van der Waals surface area contributed by atoms with E-state index in [1.54, 1.807) is 24.3 Å². The molecule has 4 rings (SSSR count). The van der Waals surface area contributed by atoms with Gasteiger partial charge in [-0.25, -0.2) is 18.5 Å². The number of H-pyrrole nitrogens is 1. The first-order valence-corrected chi connectivity index (χ1v) is 11.0. The minimum Gasteiger partial charge on any atom is -0.329 e. The van der Waals surface area contributed by atoms with Gasteiger partial charge < -0.3 is 4.98 Å². The molecule has 0 fully saturated rings. The second-order valence-corrected chi connectivity index (χ2v) is 8.91. The highest BCUT2D eigenvalue weighted by atomic mass is 35.5. The Labute approximate surface area is 186 Å². The lowest BCUT2D eigenvalue weighted by molar-refractivity contribution is 0.598. The Morgan fingerprint density at radius 3 is 2.35 bits per heavy atom. The highest BCUT2D eigenvalue weighted by molar-refractivity contribution is 7.89. The number of halogens is 1. The summed E-state index contributed by atoms with van der Waals surface area (Å²) in [6.07, 6.45) is 1.29. The van der Waals surface area contributed by atoms with Crippen molar-refractivity contribution in [3.63, 3.8) is 0 Å². The maximum atomic E-state index is 13.4. The van der Waals surface area contributed by atoms with Gasteiger partial charge >= 0.3 is 0 Å². The quantitative estimate of drug-likeness (QED) is 0.442. The zero-order valence-electron chi connectivity index (χ0n) is 15.5. The first-order valence-electron chi connectivity index (χ1n) is 8.67. The summed E-state index contributed by atoms with van der Waals surface area (Å²) >= 11 is 11.3. The van der Waals surface area contributed by atoms with Crippen molar-refractivity contribution in [3.05, 3.63) is 80.4 Å². The van der Waals surface area contributed by atoms with E-state index in [0.717, 1.165) is 0 Å². The monoisotopic (exact) mass is 469 g/mol. The molecule has 0 unspecified atom stereocenters. The Bertz CT molecular complexity index is 1600. The first kappa shape index (κ1) is 20.9. The van der Waals surface area contributed by atoms with Gasteiger partial charge in [0.25, 0.3) is 5.56 Å². The maximum absolute atomic E-state index is 13.4. The topological polar surface area (TPSA) is 135 Å². The van der Waals surface area contributed by atoms with Crippen molar-refractivity contribution in [2.45, 2.75) is 4.90 Å². The first-order chi connectivity index (χ1) is 14.7. The number of benzene rings is 2. The molecular formula is C20H12ClN5O3S2. The Balaban J connectivity index is 2.05. The van der Waals surface area contributed by atoms with Crippen molar-refractivity contribution < 1.29 is 8.42 Å². The van der Waals surface area contributed by atoms with Crippen LogP contribution < -0.4 is 10.7 Å². The lowest BCUT2D eigenvalue weighted by Gasteiger charge is -2.12. The lowest BCUT2D eigenvalue weighted by Crippen LogP contribution is -2.21. The number of hydrogen-bond acceptors (Lipinski definition) is 6. The fraction of sp³-hybridized carbons (Fsp3) is 0. The Morgan fingerprint density at radius 1 is 1.13 bits per heavy atom. The van der Waals surface area contributed by atoms with Crippen molar-refractivity contribution in [1.29, 1.82) is 5.26 Å². The Hall–Kier alpha value is -3.36. The van der Waals surface area contributed by atoms with Crippen LogP contribution in [0, 0.1) is 16.0 Å². The maximum Gasteiger partial charge on any atom is 0.268 e. The molecule has 154 valence electrons. The summed E-state index contributed by atoms with van der Waals surface area (Å²) in [6, 6.07) is 14.2. The molecule has 0 aliphatic carbocycles. The number of nitrogens with one attached hydrogen (secondary N) is 1. The number of nitriles is 1. The van der Waals surface area contributed by atoms with Gasteiger partial charge in [-0.2, -0.15) is 5.26 Å². The smallest absolute Gasteiger partial charge is 0.268 e. The second-order valence-electron chi connectivity index (χ2n) is 6.51. The van der Waals surface area contributed by atoms with Gasteiger partial charge in [-0.3, -0.25) is 9.36 Å². The summed E-state index contributed by atoms with van der Waals surface area (Å²) in [4.78, 5) is 20.5. The standard InChI is InChI=1S/C20H12ClN5O3S2/c21-12-3-1-11(2-4-12)16-15(9-22)19(30)25-18-17(16)20(27)26(10-24-18)13-5-7-14(8-6-13)31(23,28)29/h1-8,10H,(H,25,30)(H2,23,28,29). The normalized spacial score (nSPS) is 11.4. The Kier molecular flexibility index (Phi) is 5.20. The number of sulfonamides is 1. The van der Waals surface area contributed by atoms with E-state index >= 15 is 0 Å². The molecule has 0 bridgehead atoms. The number of fused-ring (bicyclic) bond motifs is 1. The van der Waals surface area contributed by atoms with Gasteiger partial charge in [0.05, 0.1) is 21.5 Å². The van der Waals surface area contributed by atoms with Gasteiger partial charge in [-0.15, -0.1) is 0 Å². The SMILES string of the molecule is N#Cc1c(-c2ccc(Cl)cc2)c2c(=O)n(-c3ccc(S(N)(=O)=O)cc3)cnc2[nH]c1=S. The molecule has 0 saturated heterocycles. The van der Waals surface area contributed by atoms with E-state index in [2.05, 4.69) is 16.0 Å². The van der Waals surface area contributed by atoms with Crippen molar-refractivity contribution in [2.75, 3.05) is 0 Å². The molecular weight excluding hydrogens is 458 g/mol. The van der Waals surface area contributed by atoms with Gasteiger partial charge in [0.15, 0.2) is 0 Å². The van der Waals surface area contributed by atoms with Crippen LogP contribution in [0.15, 0.2) is 64.5 Å². The minimum atomic E-state index is -3.87. The molecule has 2 aromatic heterocycles. The third kappa shape index (κ3) is 3.75. The molecule has 8 nitrogen and oxygen atoms in total. The van der Waals surface area contributed by atoms with E-state index in [-0.39, 0.29) is 26.1 Å². The zero-order valence-corrected chi connectivity index (χ0v) is 17.9. The zero-order chi connectivity index (χ0) is 22.3. The largest absolute Gasteiger partial charge is 0.329 e. The predicted molar refractivity (Wildman–Crippen MR) is 119 cm³/mol. The molecule has 11 heteroatoms. The van der Waals surface area contributed by atoms with Crippen LogP contribution in [0.1, 0.15) is 5.56 Å². The van der Waals surface area contributed by atoms with Crippen LogP contribution in [0.4, 0.5) is 0 Å². The summed E-state index contributed by atoms with van der Waals surface area (Å²) in [7, 11) is -3.87. The van der Waals surface area contributed by atoms with Crippen LogP contribution in [0.3, 0.4) is 0 Å². The minimum absolute atomic E-state index is 0.0873. The third-order valence-electron chi connectivity index (χ3n) is 4.62. The predicted octanol–water partition coefficient (Wildman–Crippen LogP) is 3.28. The van der Waals surface area contributed by atoms with E-state index < -0.39 is 15.6 Å². The molecule has 2 heterocycles. The molecule has 0 radical (unpaired) electrons. The number of aromatic amines is 1. The molecule has 4 aromatic rings. The molecule has 0 aliphatic heterocycles. The van der Waals surface area contributed by atoms with Crippen molar-refractivity contribution in [3.8, 4) is 22.9 Å². The van der Waals surface area contributed by atoms with Crippen LogP contribution >= 0.6 is 23.8 Å². The third-order valence-corrected chi connectivity index (χ3v) is 6.11. The van der Waals surface area contributed by atoms with E-state index in [0.29, 0.717) is 21.8 Å². The number of rotatable bonds is 3. The molecule has 0 aliphatic rings. The van der Waals surface area contributed by atoms with Crippen LogP contribution in [-0.4, -0.2) is 23.0 Å². The van der Waals surface area contributed by atoms with Crippen molar-refractivity contribution in [1.82, 2.24) is 14.5 Å². The van der Waals surface area contributed by atoms with Crippen LogP contribution in [0.25, 0.3) is 27.8 Å². The fourth-order valence-electron chi connectivity index (χ4n) is 3.18. The van der Waals surface area contributed by atoms with Gasteiger partial charge in [0.1, 0.15) is 22.7 Å². The number of primary sulfonamides is 1. The average Bonchev–Trinajstić information content (AvgIpc) is 2.73. The fourth-order valence-corrected chi connectivity index (χ4v) is 4.06. The summed E-state index contributed by atoms with van der Waals surface area (Å²) in [6.45, 7) is 0. The van der Waals surface area contributed by atoms with E-state index in [4.69, 9.17) is 29.0 Å². The molecule has 0 spiro atoms. The van der Waals surface area contributed by atoms with Gasteiger partial charge in [0.2, 0.25) is 10.0 Å². The summed E-state index contributed by atoms with van der Waals surface area (Å²) in [5.41, 5.74) is 1.16. The number of aromatic nitrogens is 3. The van der Waals surface area contributed by atoms with Gasteiger partial charge in [-0.1, -0.05) is 36.0 Å². The van der Waals surface area contributed by atoms with Gasteiger partial charge in [0, 0.05) is 10.6 Å². The van der Waals surface area contributed by atoms with Crippen LogP contribution in [0.2, 0.25) is 5.02 Å². The number of pyridine rings is 1. The lowest BCUT2D eigenvalue weighted by atomic mass is 9.99. The van der Waals surface area contributed by atoms with Crippen LogP contribution in [-0.2, 0) is 10.0 Å². The molecule has 0 atom stereocenters. The van der Waals surface area contributed by atoms with Gasteiger partial charge in [-0.05, 0) is 42.0 Å². The highest BCUT2D eigenvalue weighted by Gasteiger charge is 2.18. The van der Waals surface area contributed by atoms with E-state index in [9.17, 15) is 18.5 Å². The second kappa shape index (κ2) is 7.72. The molecule has 2 aromatic carbocycles. The molecule has 0 amide bonds. The molecule has 31 heavy (non-hydrogen) atoms. The van der Waals surface area contributed by atoms with Crippen molar-refractivity contribution in [2.24, 2.45) is 5.14 Å². The highest BCUT2D eigenvalue weighted by Crippen LogP contribution is 2.30.